The molecule has 0 unspecified atom stereocenters. The summed E-state index contributed by atoms with van der Waals surface area (Å²) in [4.78, 5) is 11.2. The van der Waals surface area contributed by atoms with Gasteiger partial charge < -0.3 is 10.6 Å². The van der Waals surface area contributed by atoms with Gasteiger partial charge in [0.2, 0.25) is 5.91 Å². The van der Waals surface area contributed by atoms with Crippen LogP contribution in [-0.4, -0.2) is 25.0 Å². The molecular formula is C8H13N3O. The van der Waals surface area contributed by atoms with Crippen LogP contribution in [0.4, 0.5) is 0 Å². The molecule has 0 radical (unpaired) electrons. The Bertz CT molecular complexity index is 191. The molecule has 1 aliphatic heterocycles. The minimum atomic E-state index is -0.0768. The van der Waals surface area contributed by atoms with Gasteiger partial charge in [-0.2, -0.15) is 5.26 Å². The van der Waals surface area contributed by atoms with Gasteiger partial charge in [-0.3, -0.25) is 4.79 Å². The fourth-order valence-corrected chi connectivity index (χ4v) is 1.33. The van der Waals surface area contributed by atoms with Gasteiger partial charge in [-0.15, -0.1) is 0 Å². The van der Waals surface area contributed by atoms with Crippen molar-refractivity contribution in [1.29, 1.82) is 5.26 Å². The number of nitrogens with zero attached hydrogens (tertiary/aromatic N) is 1. The fourth-order valence-electron chi connectivity index (χ4n) is 1.33. The Morgan fingerprint density at radius 3 is 3.08 bits per heavy atom. The van der Waals surface area contributed by atoms with Crippen molar-refractivity contribution in [2.45, 2.75) is 25.3 Å². The van der Waals surface area contributed by atoms with Crippen LogP contribution >= 0.6 is 0 Å². The molecule has 0 bridgehead atoms. The maximum absolute atomic E-state index is 11.2. The summed E-state index contributed by atoms with van der Waals surface area (Å²) < 4.78 is 0. The third-order valence-corrected chi connectivity index (χ3v) is 1.97. The highest BCUT2D eigenvalue weighted by Gasteiger charge is 2.19. The summed E-state index contributed by atoms with van der Waals surface area (Å²) in [5.74, 6) is -0.0451. The number of nitrogens with one attached hydrogen (secondary N) is 2. The van der Waals surface area contributed by atoms with Gasteiger partial charge in [-0.05, 0) is 19.4 Å². The molecule has 1 fully saturated rings. The summed E-state index contributed by atoms with van der Waals surface area (Å²) >= 11 is 0. The Morgan fingerprint density at radius 2 is 2.50 bits per heavy atom. The van der Waals surface area contributed by atoms with E-state index in [0.29, 0.717) is 0 Å². The van der Waals surface area contributed by atoms with Gasteiger partial charge in [0, 0.05) is 0 Å². The van der Waals surface area contributed by atoms with Gasteiger partial charge >= 0.3 is 0 Å². The summed E-state index contributed by atoms with van der Waals surface area (Å²) in [6, 6.07) is 1.80. The number of amides is 1. The summed E-state index contributed by atoms with van der Waals surface area (Å²) in [7, 11) is 0. The molecule has 12 heavy (non-hydrogen) atoms. The van der Waals surface area contributed by atoms with Crippen LogP contribution in [0, 0.1) is 11.3 Å². The van der Waals surface area contributed by atoms with Crippen LogP contribution < -0.4 is 10.6 Å². The van der Waals surface area contributed by atoms with Crippen molar-refractivity contribution in [3.63, 3.8) is 0 Å². The lowest BCUT2D eigenvalue weighted by atomic mass is 10.0. The molecule has 0 aromatic heterocycles. The first-order valence-electron chi connectivity index (χ1n) is 4.22. The largest absolute Gasteiger partial charge is 0.342 e. The van der Waals surface area contributed by atoms with Crippen LogP contribution in [0.3, 0.4) is 0 Å². The highest BCUT2D eigenvalue weighted by atomic mass is 16.2. The number of hydrogen-bond acceptors (Lipinski definition) is 3. The summed E-state index contributed by atoms with van der Waals surface area (Å²) in [5.41, 5.74) is 0. The molecule has 0 aromatic carbocycles. The first-order chi connectivity index (χ1) is 5.84. The Kier molecular flexibility index (Phi) is 3.55. The van der Waals surface area contributed by atoms with Crippen molar-refractivity contribution >= 4 is 5.91 Å². The molecular weight excluding hydrogens is 154 g/mol. The van der Waals surface area contributed by atoms with Gasteiger partial charge in [-0.25, -0.2) is 0 Å². The zero-order valence-electron chi connectivity index (χ0n) is 6.97. The van der Waals surface area contributed by atoms with Gasteiger partial charge in [-0.1, -0.05) is 6.42 Å². The van der Waals surface area contributed by atoms with Gasteiger partial charge in [0.05, 0.1) is 12.1 Å². The van der Waals surface area contributed by atoms with Crippen molar-refractivity contribution in [3.8, 4) is 6.07 Å². The lowest BCUT2D eigenvalue weighted by Gasteiger charge is -2.21. The van der Waals surface area contributed by atoms with E-state index in [0.717, 1.165) is 25.8 Å². The number of piperidine rings is 1. The molecule has 4 heteroatoms. The number of hydrogen-bond donors (Lipinski definition) is 2. The highest BCUT2D eigenvalue weighted by Crippen LogP contribution is 2.06. The Hall–Kier alpha value is -1.08. The van der Waals surface area contributed by atoms with Crippen LogP contribution in [0.15, 0.2) is 0 Å². The minimum absolute atomic E-state index is 0.0451. The average molecular weight is 167 g/mol. The Morgan fingerprint density at radius 1 is 1.67 bits per heavy atom. The zero-order chi connectivity index (χ0) is 8.81. The molecule has 0 aliphatic carbocycles. The Balaban J connectivity index is 2.26. The van der Waals surface area contributed by atoms with Crippen molar-refractivity contribution in [3.05, 3.63) is 0 Å². The van der Waals surface area contributed by atoms with Crippen molar-refractivity contribution in [2.75, 3.05) is 13.1 Å². The van der Waals surface area contributed by atoms with Crippen molar-refractivity contribution in [2.24, 2.45) is 0 Å². The first-order valence-corrected chi connectivity index (χ1v) is 4.22. The number of nitriles is 1. The third kappa shape index (κ3) is 2.51. The smallest absolute Gasteiger partial charge is 0.237 e. The van der Waals surface area contributed by atoms with E-state index >= 15 is 0 Å². The summed E-state index contributed by atoms with van der Waals surface area (Å²) in [6.45, 7) is 1.02. The minimum Gasteiger partial charge on any atom is -0.342 e. The second-order valence-corrected chi connectivity index (χ2v) is 2.88. The summed E-state index contributed by atoms with van der Waals surface area (Å²) in [6.07, 6.45) is 3.12. The van der Waals surface area contributed by atoms with Crippen LogP contribution in [-0.2, 0) is 4.79 Å². The molecule has 1 amide bonds. The molecule has 1 saturated heterocycles. The highest BCUT2D eigenvalue weighted by molar-refractivity contribution is 5.81. The molecule has 0 spiro atoms. The van der Waals surface area contributed by atoms with Crippen molar-refractivity contribution < 1.29 is 4.79 Å². The molecule has 1 atom stereocenters. The number of rotatable bonds is 2. The van der Waals surface area contributed by atoms with E-state index < -0.39 is 0 Å². The average Bonchev–Trinajstić information content (AvgIpc) is 2.15. The van der Waals surface area contributed by atoms with Crippen LogP contribution in [0.5, 0.6) is 0 Å². The predicted octanol–water partition coefficient (Wildman–Crippen LogP) is -0.232. The number of carbonyl (C=O) groups excluding carboxylic acids is 1. The Labute approximate surface area is 71.9 Å². The van der Waals surface area contributed by atoms with Crippen molar-refractivity contribution in [1.82, 2.24) is 10.6 Å². The van der Waals surface area contributed by atoms with E-state index in [4.69, 9.17) is 5.26 Å². The van der Waals surface area contributed by atoms with E-state index in [1.54, 1.807) is 0 Å². The third-order valence-electron chi connectivity index (χ3n) is 1.97. The monoisotopic (exact) mass is 167 g/mol. The SMILES string of the molecule is N#CCNC(=O)[C@H]1CCCCN1. The lowest BCUT2D eigenvalue weighted by Crippen LogP contribution is -2.46. The van der Waals surface area contributed by atoms with Gasteiger partial charge in [0.15, 0.2) is 0 Å². The van der Waals surface area contributed by atoms with Gasteiger partial charge in [0.25, 0.3) is 0 Å². The van der Waals surface area contributed by atoms with Gasteiger partial charge in [0.1, 0.15) is 6.54 Å². The van der Waals surface area contributed by atoms with E-state index in [-0.39, 0.29) is 18.5 Å². The second-order valence-electron chi connectivity index (χ2n) is 2.88. The molecule has 1 aliphatic rings. The predicted molar refractivity (Wildman–Crippen MR) is 44.3 cm³/mol. The van der Waals surface area contributed by atoms with Crippen LogP contribution in [0.2, 0.25) is 0 Å². The maximum atomic E-state index is 11.2. The van der Waals surface area contributed by atoms with Crippen LogP contribution in [0.1, 0.15) is 19.3 Å². The standard InChI is InChI=1S/C8H13N3O/c9-4-6-11-8(12)7-3-1-2-5-10-7/h7,10H,1-3,5-6H2,(H,11,12)/t7-/m1/s1. The van der Waals surface area contributed by atoms with Crippen LogP contribution in [0.25, 0.3) is 0 Å². The molecule has 2 N–H and O–H groups in total. The molecule has 4 nitrogen and oxygen atoms in total. The van der Waals surface area contributed by atoms with E-state index in [2.05, 4.69) is 10.6 Å². The second kappa shape index (κ2) is 4.73. The first kappa shape index (κ1) is 9.01. The number of carbonyl (C=O) groups is 1. The topological polar surface area (TPSA) is 64.9 Å². The molecule has 0 aromatic rings. The quantitative estimate of drug-likeness (QED) is 0.558. The maximum Gasteiger partial charge on any atom is 0.237 e. The molecule has 1 rings (SSSR count). The van der Waals surface area contributed by atoms with E-state index in [1.807, 2.05) is 6.07 Å². The molecule has 66 valence electrons. The van der Waals surface area contributed by atoms with E-state index in [1.165, 1.54) is 0 Å². The lowest BCUT2D eigenvalue weighted by molar-refractivity contribution is -0.123. The fraction of sp³-hybridized carbons (Fsp3) is 0.750. The molecule has 0 saturated carbocycles. The van der Waals surface area contributed by atoms with E-state index in [9.17, 15) is 4.79 Å². The summed E-state index contributed by atoms with van der Waals surface area (Å²) in [5, 5.41) is 13.9. The normalized spacial score (nSPS) is 22.8. The molecule has 1 heterocycles. The zero-order valence-corrected chi connectivity index (χ0v) is 6.97.